The predicted octanol–water partition coefficient (Wildman–Crippen LogP) is 13.2. The first-order valence-corrected chi connectivity index (χ1v) is 29.2. The number of hydrogen-bond donors (Lipinski definition) is 7. The van der Waals surface area contributed by atoms with Gasteiger partial charge in [0.15, 0.2) is 6.29 Å². The summed E-state index contributed by atoms with van der Waals surface area (Å²) in [4.78, 5) is 12.5. The minimum absolute atomic E-state index is 0.133. The van der Waals surface area contributed by atoms with E-state index in [2.05, 4.69) is 24.5 Å². The number of aliphatic hydroxyl groups excluding tert-OH is 5. The quantitative estimate of drug-likeness (QED) is 0.0309. The molecule has 2 rings (SSSR count). The summed E-state index contributed by atoms with van der Waals surface area (Å²) in [6.07, 6.45) is 36.9. The van der Waals surface area contributed by atoms with Gasteiger partial charge in [0.1, 0.15) is 36.8 Å². The first-order chi connectivity index (χ1) is 34.2. The number of aliphatic hydroxyl groups is 5. The normalized spacial score (nSPS) is 19.5. The zero-order valence-electron chi connectivity index (χ0n) is 45.0. The molecule has 0 unspecified atom stereocenters. The van der Waals surface area contributed by atoms with Crippen LogP contribution in [0.1, 0.15) is 251 Å². The van der Waals surface area contributed by atoms with Gasteiger partial charge < -0.3 is 49.8 Å². The molecule has 12 nitrogen and oxygen atoms in total. The Morgan fingerprint density at radius 1 is 0.557 bits per heavy atom. The lowest BCUT2D eigenvalue weighted by Crippen LogP contribution is -2.60. The molecule has 1 aromatic carbocycles. The molecule has 1 heterocycles. The van der Waals surface area contributed by atoms with E-state index >= 15 is 0 Å². The van der Waals surface area contributed by atoms with E-state index in [1.807, 2.05) is 0 Å². The highest BCUT2D eigenvalue weighted by atomic mass is 16.7. The Labute approximate surface area is 427 Å². The highest BCUT2D eigenvalue weighted by Crippen LogP contribution is 2.25. The molecular formula is C58H108N2O10. The van der Waals surface area contributed by atoms with Crippen LogP contribution in [0.3, 0.4) is 0 Å². The topological polar surface area (TPSA) is 179 Å². The maximum atomic E-state index is 12.5. The molecule has 0 radical (unpaired) electrons. The van der Waals surface area contributed by atoms with Crippen LogP contribution >= 0.6 is 0 Å². The smallest absolute Gasteiger partial charge is 0.411 e. The summed E-state index contributed by atoms with van der Waals surface area (Å²) < 4.78 is 22.3. The van der Waals surface area contributed by atoms with Gasteiger partial charge in [0, 0.05) is 5.69 Å². The largest absolute Gasteiger partial charge is 0.497 e. The Hall–Kier alpha value is -2.03. The molecule has 8 atom stereocenters. The van der Waals surface area contributed by atoms with E-state index in [4.69, 9.17) is 18.9 Å². The van der Waals surface area contributed by atoms with Gasteiger partial charge in [-0.1, -0.05) is 239 Å². The van der Waals surface area contributed by atoms with E-state index < -0.39 is 61.7 Å². The summed E-state index contributed by atoms with van der Waals surface area (Å²) >= 11 is 0. The zero-order chi connectivity index (χ0) is 50.7. The van der Waals surface area contributed by atoms with Crippen LogP contribution in [0.2, 0.25) is 0 Å². The van der Waals surface area contributed by atoms with Gasteiger partial charge in [0.25, 0.3) is 0 Å². The third-order valence-electron chi connectivity index (χ3n) is 14.4. The van der Waals surface area contributed by atoms with E-state index in [9.17, 15) is 30.3 Å². The Morgan fingerprint density at radius 3 is 1.37 bits per heavy atom. The second-order valence-corrected chi connectivity index (χ2v) is 20.7. The van der Waals surface area contributed by atoms with Crippen molar-refractivity contribution in [3.63, 3.8) is 0 Å². The number of nitrogens with one attached hydrogen (secondary N) is 2. The van der Waals surface area contributed by atoms with Gasteiger partial charge in [0.2, 0.25) is 0 Å². The molecule has 12 heteroatoms. The number of benzene rings is 1. The predicted molar refractivity (Wildman–Crippen MR) is 287 cm³/mol. The second-order valence-electron chi connectivity index (χ2n) is 20.7. The lowest BCUT2D eigenvalue weighted by Gasteiger charge is -2.40. The summed E-state index contributed by atoms with van der Waals surface area (Å²) in [5.74, 6) is 0.627. The minimum Gasteiger partial charge on any atom is -0.497 e. The van der Waals surface area contributed by atoms with E-state index in [1.165, 1.54) is 193 Å². The summed E-state index contributed by atoms with van der Waals surface area (Å²) in [5, 5.41) is 60.8. The first kappa shape index (κ1) is 64.1. The summed E-state index contributed by atoms with van der Waals surface area (Å²) in [5.41, 5.74) is 0.469. The molecule has 410 valence electrons. The molecule has 7 N–H and O–H groups in total. The molecule has 1 aliphatic heterocycles. The Bertz CT molecular complexity index is 1310. The van der Waals surface area contributed by atoms with E-state index in [-0.39, 0.29) is 6.61 Å². The molecule has 0 bridgehead atoms. The minimum atomic E-state index is -1.64. The Kier molecular flexibility index (Phi) is 40.7. The molecule has 1 amide bonds. The SMILES string of the molecule is CCCCCCCCCCCCCCCCCCCCCCCCCCN[C@@H](CO[C@H]1O[C@H](COC(=O)Nc2ccc(OC)cc2)[C@H](O)[C@H](O)[C@H]1O)[C@H](O)[C@H](O)CCCCCCCCCCCCCC. The fourth-order valence-electron chi connectivity index (χ4n) is 9.66. The van der Waals surface area contributed by atoms with Crippen molar-refractivity contribution >= 4 is 11.8 Å². The van der Waals surface area contributed by atoms with E-state index in [1.54, 1.807) is 31.4 Å². The van der Waals surface area contributed by atoms with Gasteiger partial charge >= 0.3 is 6.09 Å². The Morgan fingerprint density at radius 2 is 0.957 bits per heavy atom. The molecule has 0 aromatic heterocycles. The molecule has 1 aromatic rings. The van der Waals surface area contributed by atoms with Gasteiger partial charge in [-0.2, -0.15) is 0 Å². The lowest BCUT2D eigenvalue weighted by molar-refractivity contribution is -0.302. The number of carbonyl (C=O) groups excluding carboxylic acids is 1. The number of methoxy groups -OCH3 is 1. The maximum absolute atomic E-state index is 12.5. The summed E-state index contributed by atoms with van der Waals surface area (Å²) in [6, 6.07) is 5.99. The fraction of sp³-hybridized carbons (Fsp3) is 0.879. The third-order valence-corrected chi connectivity index (χ3v) is 14.4. The van der Waals surface area contributed by atoms with Crippen molar-refractivity contribution in [2.75, 3.05) is 32.2 Å². The van der Waals surface area contributed by atoms with Crippen molar-refractivity contribution in [1.82, 2.24) is 5.32 Å². The average molecular weight is 994 g/mol. The third kappa shape index (κ3) is 32.2. The molecule has 0 saturated carbocycles. The van der Waals surface area contributed by atoms with Gasteiger partial charge in [0.05, 0.1) is 32.0 Å². The standard InChI is InChI=1S/C58H108N2O10/c1-4-6-8-10-12-14-16-18-19-20-21-22-23-24-25-26-27-28-29-31-33-35-37-39-45-59-50(53(62)51(61)40-38-36-34-32-30-17-15-13-11-9-7-5-2)46-68-57-56(65)55(64)54(63)52(70-57)47-69-58(66)60-48-41-43-49(67-3)44-42-48/h41-44,50-57,59,61-65H,4-40,45-47H2,1-3H3,(H,60,66)/t50-,51+,52+,53-,54-,55-,56+,57-/m0/s1. The maximum Gasteiger partial charge on any atom is 0.411 e. The van der Waals surface area contributed by atoms with Crippen LogP contribution in [-0.4, -0.2) is 107 Å². The van der Waals surface area contributed by atoms with Crippen molar-refractivity contribution in [1.29, 1.82) is 0 Å². The molecule has 1 fully saturated rings. The Balaban J connectivity index is 1.69. The van der Waals surface area contributed by atoms with Crippen LogP contribution in [0, 0.1) is 0 Å². The fourth-order valence-corrected chi connectivity index (χ4v) is 9.66. The average Bonchev–Trinajstić information content (AvgIpc) is 3.36. The molecule has 1 aliphatic rings. The number of unbranched alkanes of at least 4 members (excludes halogenated alkanes) is 34. The number of rotatable bonds is 48. The second kappa shape index (κ2) is 44.5. The number of amides is 1. The molecule has 0 aliphatic carbocycles. The van der Waals surface area contributed by atoms with Crippen molar-refractivity contribution in [3.8, 4) is 5.75 Å². The van der Waals surface area contributed by atoms with Crippen LogP contribution in [0.25, 0.3) is 0 Å². The van der Waals surface area contributed by atoms with Gasteiger partial charge in [-0.05, 0) is 43.7 Å². The van der Waals surface area contributed by atoms with Crippen molar-refractivity contribution in [2.45, 2.75) is 300 Å². The van der Waals surface area contributed by atoms with Crippen LogP contribution in [-0.2, 0) is 14.2 Å². The van der Waals surface area contributed by atoms with Crippen LogP contribution < -0.4 is 15.4 Å². The number of hydrogen-bond acceptors (Lipinski definition) is 11. The molecule has 1 saturated heterocycles. The highest BCUT2D eigenvalue weighted by molar-refractivity contribution is 5.84. The van der Waals surface area contributed by atoms with Gasteiger partial charge in [-0.25, -0.2) is 4.79 Å². The molecule has 0 spiro atoms. The monoisotopic (exact) mass is 993 g/mol. The van der Waals surface area contributed by atoms with Crippen molar-refractivity contribution in [3.05, 3.63) is 24.3 Å². The zero-order valence-corrected chi connectivity index (χ0v) is 45.0. The first-order valence-electron chi connectivity index (χ1n) is 29.2. The van der Waals surface area contributed by atoms with Crippen molar-refractivity contribution in [2.24, 2.45) is 0 Å². The summed E-state index contributed by atoms with van der Waals surface area (Å²) in [6.45, 7) is 4.60. The van der Waals surface area contributed by atoms with Crippen LogP contribution in [0.4, 0.5) is 10.5 Å². The number of ether oxygens (including phenoxy) is 4. The molecule has 70 heavy (non-hydrogen) atoms. The lowest BCUT2D eigenvalue weighted by atomic mass is 9.98. The van der Waals surface area contributed by atoms with Crippen LogP contribution in [0.15, 0.2) is 24.3 Å². The van der Waals surface area contributed by atoms with Crippen molar-refractivity contribution < 1.29 is 49.3 Å². The van der Waals surface area contributed by atoms with Gasteiger partial charge in [-0.15, -0.1) is 0 Å². The number of anilines is 1. The van der Waals surface area contributed by atoms with Crippen LogP contribution in [0.5, 0.6) is 5.75 Å². The van der Waals surface area contributed by atoms with E-state index in [0.29, 0.717) is 24.4 Å². The molecular weight excluding hydrogens is 885 g/mol. The van der Waals surface area contributed by atoms with Gasteiger partial charge in [-0.3, -0.25) is 5.32 Å². The number of carbonyl (C=O) groups is 1. The highest BCUT2D eigenvalue weighted by Gasteiger charge is 2.45. The van der Waals surface area contributed by atoms with E-state index in [0.717, 1.165) is 38.5 Å². The summed E-state index contributed by atoms with van der Waals surface area (Å²) in [7, 11) is 1.54.